The molecule has 0 radical (unpaired) electrons. The molecule has 0 aliphatic rings. The van der Waals surface area contributed by atoms with E-state index in [4.69, 9.17) is 9.15 Å². The van der Waals surface area contributed by atoms with Crippen molar-refractivity contribution in [3.05, 3.63) is 60.2 Å². The summed E-state index contributed by atoms with van der Waals surface area (Å²) in [6.07, 6.45) is 0. The molecule has 0 saturated carbocycles. The van der Waals surface area contributed by atoms with Crippen LogP contribution in [0.5, 0.6) is 5.75 Å². The van der Waals surface area contributed by atoms with Crippen molar-refractivity contribution >= 4 is 11.8 Å². The van der Waals surface area contributed by atoms with E-state index in [-0.39, 0.29) is 11.1 Å². The molecule has 2 heterocycles. The zero-order valence-corrected chi connectivity index (χ0v) is 16.9. The lowest BCUT2D eigenvalue weighted by Gasteiger charge is -2.09. The van der Waals surface area contributed by atoms with Crippen LogP contribution in [0.25, 0.3) is 22.8 Å². The Morgan fingerprint density at radius 1 is 1.03 bits per heavy atom. The van der Waals surface area contributed by atoms with Crippen molar-refractivity contribution < 1.29 is 13.5 Å². The minimum absolute atomic E-state index is 0.148. The number of methoxy groups -OCH3 is 1. The maximum Gasteiger partial charge on any atom is 0.247 e. The molecule has 0 fully saturated rings. The fourth-order valence-corrected chi connectivity index (χ4v) is 3.64. The molecule has 9 heteroatoms. The van der Waals surface area contributed by atoms with E-state index >= 15 is 0 Å². The summed E-state index contributed by atoms with van der Waals surface area (Å²) in [5.74, 6) is 1.92. The monoisotopic (exact) mass is 411 g/mol. The molecular formula is C20H18FN5O2S. The number of thioether (sulfide) groups is 1. The molecule has 148 valence electrons. The number of hydrogen-bond donors (Lipinski definition) is 0. The van der Waals surface area contributed by atoms with Crippen molar-refractivity contribution in [2.45, 2.75) is 17.3 Å². The Morgan fingerprint density at radius 2 is 1.79 bits per heavy atom. The van der Waals surface area contributed by atoms with Gasteiger partial charge in [-0.25, -0.2) is 4.39 Å². The Morgan fingerprint density at radius 3 is 2.55 bits per heavy atom. The van der Waals surface area contributed by atoms with Gasteiger partial charge >= 0.3 is 0 Å². The van der Waals surface area contributed by atoms with Crippen LogP contribution >= 0.6 is 11.8 Å². The highest BCUT2D eigenvalue weighted by Gasteiger charge is 2.21. The van der Waals surface area contributed by atoms with Crippen LogP contribution < -0.4 is 4.74 Å². The smallest absolute Gasteiger partial charge is 0.247 e. The number of benzene rings is 2. The quantitative estimate of drug-likeness (QED) is 0.431. The van der Waals surface area contributed by atoms with Crippen LogP contribution in [0, 0.1) is 5.82 Å². The van der Waals surface area contributed by atoms with E-state index in [0.29, 0.717) is 28.3 Å². The predicted molar refractivity (Wildman–Crippen MR) is 107 cm³/mol. The summed E-state index contributed by atoms with van der Waals surface area (Å²) in [6, 6.07) is 13.6. The zero-order valence-electron chi connectivity index (χ0n) is 16.0. The van der Waals surface area contributed by atoms with Gasteiger partial charge in [-0.1, -0.05) is 23.9 Å². The summed E-state index contributed by atoms with van der Waals surface area (Å²) >= 11 is 1.46. The molecular weight excluding hydrogens is 393 g/mol. The van der Waals surface area contributed by atoms with Crippen LogP contribution in [-0.2, 0) is 7.05 Å². The Balaban J connectivity index is 1.54. The average Bonchev–Trinajstić information content (AvgIpc) is 3.36. The first-order chi connectivity index (χ1) is 14.1. The van der Waals surface area contributed by atoms with Gasteiger partial charge in [-0.15, -0.1) is 20.4 Å². The maximum atomic E-state index is 13.1. The van der Waals surface area contributed by atoms with Crippen LogP contribution in [0.2, 0.25) is 0 Å². The predicted octanol–water partition coefficient (Wildman–Crippen LogP) is 4.53. The summed E-state index contributed by atoms with van der Waals surface area (Å²) in [5, 5.41) is 17.4. The number of aromatic nitrogens is 5. The number of nitrogens with zero attached hydrogens (tertiary/aromatic N) is 5. The normalized spacial score (nSPS) is 12.1. The first kappa shape index (κ1) is 19.1. The molecule has 7 nitrogen and oxygen atoms in total. The van der Waals surface area contributed by atoms with Crippen molar-refractivity contribution in [3.63, 3.8) is 0 Å². The van der Waals surface area contributed by atoms with Gasteiger partial charge in [-0.2, -0.15) is 0 Å². The van der Waals surface area contributed by atoms with Gasteiger partial charge in [0.05, 0.1) is 17.9 Å². The van der Waals surface area contributed by atoms with E-state index in [9.17, 15) is 4.39 Å². The first-order valence-corrected chi connectivity index (χ1v) is 9.73. The third-order valence-corrected chi connectivity index (χ3v) is 5.47. The van der Waals surface area contributed by atoms with Gasteiger partial charge in [0.1, 0.15) is 11.6 Å². The summed E-state index contributed by atoms with van der Waals surface area (Å²) in [7, 11) is 3.52. The van der Waals surface area contributed by atoms with Gasteiger partial charge in [0, 0.05) is 12.6 Å². The second kappa shape index (κ2) is 8.04. The Kier molecular flexibility index (Phi) is 5.30. The largest absolute Gasteiger partial charge is 0.496 e. The molecule has 2 aromatic heterocycles. The van der Waals surface area contributed by atoms with Gasteiger partial charge in [-0.3, -0.25) is 0 Å². The fraction of sp³-hybridized carbons (Fsp3) is 0.200. The third-order valence-electron chi connectivity index (χ3n) is 4.34. The summed E-state index contributed by atoms with van der Waals surface area (Å²) < 4.78 is 26.2. The highest BCUT2D eigenvalue weighted by atomic mass is 32.2. The number of rotatable bonds is 6. The summed E-state index contributed by atoms with van der Waals surface area (Å²) in [6.45, 7) is 1.95. The minimum atomic E-state index is -0.314. The van der Waals surface area contributed by atoms with E-state index in [1.165, 1.54) is 23.9 Å². The third kappa shape index (κ3) is 3.86. The first-order valence-electron chi connectivity index (χ1n) is 8.85. The van der Waals surface area contributed by atoms with Gasteiger partial charge in [0.15, 0.2) is 11.0 Å². The van der Waals surface area contributed by atoms with Gasteiger partial charge in [0.25, 0.3) is 0 Å². The van der Waals surface area contributed by atoms with Crippen molar-refractivity contribution in [2.24, 2.45) is 7.05 Å². The Hall–Kier alpha value is -3.20. The van der Waals surface area contributed by atoms with Crippen LogP contribution in [0.1, 0.15) is 18.1 Å². The van der Waals surface area contributed by atoms with Crippen LogP contribution in [0.3, 0.4) is 0 Å². The van der Waals surface area contributed by atoms with Crippen molar-refractivity contribution in [1.29, 1.82) is 0 Å². The molecule has 0 N–H and O–H groups in total. The maximum absolute atomic E-state index is 13.1. The molecule has 0 bridgehead atoms. The van der Waals surface area contributed by atoms with E-state index < -0.39 is 0 Å². The molecule has 0 spiro atoms. The molecule has 0 saturated heterocycles. The molecule has 4 rings (SSSR count). The van der Waals surface area contributed by atoms with E-state index in [1.54, 1.807) is 19.2 Å². The van der Waals surface area contributed by atoms with Crippen LogP contribution in [0.15, 0.2) is 58.1 Å². The van der Waals surface area contributed by atoms with E-state index in [2.05, 4.69) is 20.4 Å². The standard InChI is InChI=1S/C20H18FN5O2S/c1-12(18-23-24-19(28-18)13-8-10-14(21)11-9-13)29-20-25-22-17(26(20)2)15-6-4-5-7-16(15)27-3/h4-12H,1-3H3. The number of ether oxygens (including phenoxy) is 1. The van der Waals surface area contributed by atoms with E-state index in [0.717, 1.165) is 11.3 Å². The highest BCUT2D eigenvalue weighted by Crippen LogP contribution is 2.36. The average molecular weight is 411 g/mol. The second-order valence-electron chi connectivity index (χ2n) is 6.28. The topological polar surface area (TPSA) is 78.9 Å². The van der Waals surface area contributed by atoms with Gasteiger partial charge < -0.3 is 13.7 Å². The number of halogens is 1. The van der Waals surface area contributed by atoms with Gasteiger partial charge in [0.2, 0.25) is 11.8 Å². The van der Waals surface area contributed by atoms with Crippen molar-refractivity contribution in [1.82, 2.24) is 25.0 Å². The Labute approximate surface area is 170 Å². The molecule has 1 unspecified atom stereocenters. The molecule has 0 aliphatic carbocycles. The minimum Gasteiger partial charge on any atom is -0.496 e. The lowest BCUT2D eigenvalue weighted by atomic mass is 10.2. The van der Waals surface area contributed by atoms with Crippen LogP contribution in [-0.4, -0.2) is 32.1 Å². The number of para-hydroxylation sites is 1. The Bertz CT molecular complexity index is 1130. The lowest BCUT2D eigenvalue weighted by Crippen LogP contribution is -1.98. The SMILES string of the molecule is COc1ccccc1-c1nnc(SC(C)c2nnc(-c3ccc(F)cc3)o2)n1C. The molecule has 2 aromatic carbocycles. The van der Waals surface area contributed by atoms with Crippen molar-refractivity contribution in [2.75, 3.05) is 7.11 Å². The molecule has 0 amide bonds. The van der Waals surface area contributed by atoms with Crippen molar-refractivity contribution in [3.8, 4) is 28.6 Å². The summed E-state index contributed by atoms with van der Waals surface area (Å²) in [5.41, 5.74) is 1.53. The summed E-state index contributed by atoms with van der Waals surface area (Å²) in [4.78, 5) is 0. The fourth-order valence-electron chi connectivity index (χ4n) is 2.80. The zero-order chi connectivity index (χ0) is 20.4. The molecule has 0 aliphatic heterocycles. The molecule has 1 atom stereocenters. The second-order valence-corrected chi connectivity index (χ2v) is 7.59. The molecule has 29 heavy (non-hydrogen) atoms. The molecule has 4 aromatic rings. The number of hydrogen-bond acceptors (Lipinski definition) is 7. The van der Waals surface area contributed by atoms with Crippen LogP contribution in [0.4, 0.5) is 4.39 Å². The van der Waals surface area contributed by atoms with Gasteiger partial charge in [-0.05, 0) is 43.3 Å². The highest BCUT2D eigenvalue weighted by molar-refractivity contribution is 7.99. The lowest BCUT2D eigenvalue weighted by molar-refractivity contribution is 0.416. The van der Waals surface area contributed by atoms with E-state index in [1.807, 2.05) is 42.8 Å².